The maximum absolute atomic E-state index is 12.4. The molecule has 0 saturated heterocycles. The standard InChI is InChI=1S/C24H20Br2N2O3S/c1-15-12-16(25)24(17(26)13-15)27-22(29)14-31-23(30)10-11-28-18-6-2-4-8-20(18)32-21-9-5-3-7-19(21)28/h2-9,12-13H,10-11,14H2,1H3,(H,27,29). The molecule has 3 aromatic rings. The second kappa shape index (κ2) is 10.1. The van der Waals surface area contributed by atoms with Crippen LogP contribution in [0.2, 0.25) is 0 Å². The largest absolute Gasteiger partial charge is 0.456 e. The summed E-state index contributed by atoms with van der Waals surface area (Å²) >= 11 is 8.60. The minimum Gasteiger partial charge on any atom is -0.456 e. The zero-order valence-electron chi connectivity index (χ0n) is 17.2. The van der Waals surface area contributed by atoms with Gasteiger partial charge in [0.25, 0.3) is 5.91 Å². The van der Waals surface area contributed by atoms with Crippen LogP contribution in [-0.4, -0.2) is 25.0 Å². The molecule has 0 spiro atoms. The zero-order valence-corrected chi connectivity index (χ0v) is 21.2. The third-order valence-electron chi connectivity index (χ3n) is 4.89. The average molecular weight is 576 g/mol. The van der Waals surface area contributed by atoms with E-state index in [9.17, 15) is 9.59 Å². The van der Waals surface area contributed by atoms with Gasteiger partial charge < -0.3 is 15.0 Å². The van der Waals surface area contributed by atoms with E-state index in [1.54, 1.807) is 11.8 Å². The number of anilines is 3. The Labute approximate surface area is 207 Å². The van der Waals surface area contributed by atoms with Gasteiger partial charge in [0.05, 0.1) is 23.5 Å². The fraction of sp³-hybridized carbons (Fsp3) is 0.167. The predicted molar refractivity (Wildman–Crippen MR) is 135 cm³/mol. The van der Waals surface area contributed by atoms with Gasteiger partial charge in [-0.2, -0.15) is 0 Å². The highest BCUT2D eigenvalue weighted by Crippen LogP contribution is 2.47. The fourth-order valence-corrected chi connectivity index (χ4v) is 6.15. The van der Waals surface area contributed by atoms with Gasteiger partial charge in [-0.15, -0.1) is 0 Å². The van der Waals surface area contributed by atoms with Crippen molar-refractivity contribution in [3.8, 4) is 0 Å². The SMILES string of the molecule is Cc1cc(Br)c(NC(=O)COC(=O)CCN2c3ccccc3Sc3ccccc32)c(Br)c1. The van der Waals surface area contributed by atoms with Crippen LogP contribution in [0.5, 0.6) is 0 Å². The molecule has 0 bridgehead atoms. The van der Waals surface area contributed by atoms with Crippen LogP contribution >= 0.6 is 43.6 Å². The number of carbonyl (C=O) groups excluding carboxylic acids is 2. The Morgan fingerprint density at radius 2 is 1.53 bits per heavy atom. The summed E-state index contributed by atoms with van der Waals surface area (Å²) in [5.41, 5.74) is 3.79. The Bertz CT molecular complexity index is 1120. The molecule has 5 nitrogen and oxygen atoms in total. The molecule has 1 amide bonds. The number of benzene rings is 3. The van der Waals surface area contributed by atoms with Gasteiger partial charge in [-0.25, -0.2) is 0 Å². The Morgan fingerprint density at radius 3 is 2.12 bits per heavy atom. The molecule has 1 heterocycles. The molecule has 0 unspecified atom stereocenters. The minimum atomic E-state index is -0.421. The molecule has 3 aromatic carbocycles. The highest BCUT2D eigenvalue weighted by molar-refractivity contribution is 9.11. The summed E-state index contributed by atoms with van der Waals surface area (Å²) in [6.45, 7) is 2.08. The molecule has 0 saturated carbocycles. The molecule has 0 atom stereocenters. The molecule has 32 heavy (non-hydrogen) atoms. The summed E-state index contributed by atoms with van der Waals surface area (Å²) in [6.07, 6.45) is 0.165. The summed E-state index contributed by atoms with van der Waals surface area (Å²) in [4.78, 5) is 29.1. The van der Waals surface area contributed by atoms with Crippen molar-refractivity contribution in [2.45, 2.75) is 23.1 Å². The number of para-hydroxylation sites is 2. The van der Waals surface area contributed by atoms with E-state index in [4.69, 9.17) is 4.74 Å². The summed E-state index contributed by atoms with van der Waals surface area (Å²) in [7, 11) is 0. The molecule has 8 heteroatoms. The van der Waals surface area contributed by atoms with Crippen LogP contribution in [0.3, 0.4) is 0 Å². The molecule has 1 aliphatic rings. The summed E-state index contributed by atoms with van der Waals surface area (Å²) in [5.74, 6) is -0.816. The number of hydrogen-bond donors (Lipinski definition) is 1. The number of hydrogen-bond acceptors (Lipinski definition) is 5. The average Bonchev–Trinajstić information content (AvgIpc) is 2.77. The van der Waals surface area contributed by atoms with Gasteiger partial charge in [-0.3, -0.25) is 9.59 Å². The maximum Gasteiger partial charge on any atom is 0.308 e. The number of halogens is 2. The van der Waals surface area contributed by atoms with Gasteiger partial charge in [-0.05, 0) is 80.7 Å². The van der Waals surface area contributed by atoms with E-state index in [0.717, 1.165) is 35.7 Å². The number of fused-ring (bicyclic) bond motifs is 2. The van der Waals surface area contributed by atoms with E-state index >= 15 is 0 Å². The highest BCUT2D eigenvalue weighted by atomic mass is 79.9. The Morgan fingerprint density at radius 1 is 0.969 bits per heavy atom. The van der Waals surface area contributed by atoms with Gasteiger partial charge in [0.15, 0.2) is 6.61 Å². The monoisotopic (exact) mass is 574 g/mol. The van der Waals surface area contributed by atoms with Crippen LogP contribution in [0.15, 0.2) is 79.4 Å². The molecule has 1 N–H and O–H groups in total. The smallest absolute Gasteiger partial charge is 0.308 e. The zero-order chi connectivity index (χ0) is 22.7. The first-order valence-electron chi connectivity index (χ1n) is 9.97. The third-order valence-corrected chi connectivity index (χ3v) is 7.27. The van der Waals surface area contributed by atoms with Crippen molar-refractivity contribution in [2.24, 2.45) is 0 Å². The van der Waals surface area contributed by atoms with E-state index in [0.29, 0.717) is 12.2 Å². The van der Waals surface area contributed by atoms with Crippen molar-refractivity contribution >= 4 is 72.6 Å². The van der Waals surface area contributed by atoms with Crippen molar-refractivity contribution < 1.29 is 14.3 Å². The van der Waals surface area contributed by atoms with Gasteiger partial charge >= 0.3 is 5.97 Å². The fourth-order valence-electron chi connectivity index (χ4n) is 3.44. The summed E-state index contributed by atoms with van der Waals surface area (Å²) in [6, 6.07) is 20.1. The first-order chi connectivity index (χ1) is 15.4. The number of amides is 1. The van der Waals surface area contributed by atoms with Crippen molar-refractivity contribution in [3.63, 3.8) is 0 Å². The third kappa shape index (κ3) is 5.19. The molecular formula is C24H20Br2N2O3S. The van der Waals surface area contributed by atoms with Gasteiger partial charge in [0.1, 0.15) is 0 Å². The van der Waals surface area contributed by atoms with Crippen LogP contribution in [-0.2, 0) is 14.3 Å². The summed E-state index contributed by atoms with van der Waals surface area (Å²) in [5, 5.41) is 2.77. The molecule has 1 aliphatic heterocycles. The second-order valence-electron chi connectivity index (χ2n) is 7.25. The lowest BCUT2D eigenvalue weighted by atomic mass is 10.2. The number of esters is 1. The van der Waals surface area contributed by atoms with Crippen LogP contribution < -0.4 is 10.2 Å². The highest BCUT2D eigenvalue weighted by Gasteiger charge is 2.23. The van der Waals surface area contributed by atoms with Crippen LogP contribution in [0, 0.1) is 6.92 Å². The Hall–Kier alpha value is -2.29. The molecule has 4 rings (SSSR count). The summed E-state index contributed by atoms with van der Waals surface area (Å²) < 4.78 is 6.74. The van der Waals surface area contributed by atoms with Crippen molar-refractivity contribution in [1.29, 1.82) is 0 Å². The lowest BCUT2D eigenvalue weighted by Crippen LogP contribution is -2.26. The number of carbonyl (C=O) groups is 2. The molecule has 164 valence electrons. The number of nitrogens with zero attached hydrogens (tertiary/aromatic N) is 1. The number of ether oxygens (including phenoxy) is 1. The van der Waals surface area contributed by atoms with Gasteiger partial charge in [0, 0.05) is 25.3 Å². The van der Waals surface area contributed by atoms with E-state index in [1.807, 2.05) is 55.5 Å². The first-order valence-corrected chi connectivity index (χ1v) is 12.4. The lowest BCUT2D eigenvalue weighted by molar-refractivity contribution is -0.147. The van der Waals surface area contributed by atoms with Crippen LogP contribution in [0.1, 0.15) is 12.0 Å². The van der Waals surface area contributed by atoms with Crippen molar-refractivity contribution in [2.75, 3.05) is 23.4 Å². The second-order valence-corrected chi connectivity index (χ2v) is 10.0. The molecule has 0 aliphatic carbocycles. The van der Waals surface area contributed by atoms with E-state index in [-0.39, 0.29) is 13.0 Å². The normalized spacial score (nSPS) is 12.0. The maximum atomic E-state index is 12.4. The van der Waals surface area contributed by atoms with E-state index < -0.39 is 11.9 Å². The van der Waals surface area contributed by atoms with Gasteiger partial charge in [0.2, 0.25) is 0 Å². The molecule has 0 radical (unpaired) electrons. The lowest BCUT2D eigenvalue weighted by Gasteiger charge is -2.32. The number of aryl methyl sites for hydroxylation is 1. The molecular weight excluding hydrogens is 556 g/mol. The quantitative estimate of drug-likeness (QED) is 0.332. The molecule has 0 aromatic heterocycles. The molecule has 0 fully saturated rings. The Kier molecular flexibility index (Phi) is 7.23. The predicted octanol–water partition coefficient (Wildman–Crippen LogP) is 6.69. The number of nitrogens with one attached hydrogen (secondary N) is 1. The van der Waals surface area contributed by atoms with Crippen LogP contribution in [0.4, 0.5) is 17.1 Å². The Balaban J connectivity index is 1.36. The van der Waals surface area contributed by atoms with Gasteiger partial charge in [-0.1, -0.05) is 36.0 Å². The van der Waals surface area contributed by atoms with E-state index in [1.165, 1.54) is 0 Å². The van der Waals surface area contributed by atoms with E-state index in [2.05, 4.69) is 54.2 Å². The topological polar surface area (TPSA) is 58.6 Å². The van der Waals surface area contributed by atoms with Crippen LogP contribution in [0.25, 0.3) is 0 Å². The number of rotatable bonds is 6. The van der Waals surface area contributed by atoms with Crippen molar-refractivity contribution in [1.82, 2.24) is 0 Å². The minimum absolute atomic E-state index is 0.165. The first kappa shape index (κ1) is 22.9. The van der Waals surface area contributed by atoms with Crippen molar-refractivity contribution in [3.05, 3.63) is 75.2 Å².